The van der Waals surface area contributed by atoms with Gasteiger partial charge in [-0.3, -0.25) is 9.78 Å². The Morgan fingerprint density at radius 3 is 2.70 bits per heavy atom. The van der Waals surface area contributed by atoms with Gasteiger partial charge in [-0.2, -0.15) is 0 Å². The number of anilines is 1. The van der Waals surface area contributed by atoms with Crippen LogP contribution in [-0.4, -0.2) is 36.7 Å². The number of hydrogen-bond acceptors (Lipinski definition) is 4. The minimum Gasteiger partial charge on any atom is -0.381 e. The number of hydrogen-bond donors (Lipinski definition) is 1. The van der Waals surface area contributed by atoms with Gasteiger partial charge in [-0.15, -0.1) is 0 Å². The topological polar surface area (TPSA) is 54.5 Å². The van der Waals surface area contributed by atoms with E-state index in [-0.39, 0.29) is 5.91 Å². The molecule has 1 aromatic heterocycles. The molecule has 1 saturated heterocycles. The molecule has 4 rings (SSSR count). The molecular weight excluding hydrogens is 410 g/mol. The number of benzene rings is 1. The van der Waals surface area contributed by atoms with E-state index in [0.29, 0.717) is 18.5 Å². The smallest absolute Gasteiger partial charge is 0.251 e. The zero-order valence-electron chi connectivity index (χ0n) is 20.5. The molecule has 1 fully saturated rings. The number of pyridine rings is 1. The molecule has 0 radical (unpaired) electrons. The maximum atomic E-state index is 13.4. The first kappa shape index (κ1) is 23.5. The molecule has 176 valence electrons. The summed E-state index contributed by atoms with van der Waals surface area (Å²) in [6, 6.07) is 8.80. The van der Waals surface area contributed by atoms with E-state index in [1.807, 2.05) is 26.0 Å². The lowest BCUT2D eigenvalue weighted by atomic mass is 9.90. The maximum absolute atomic E-state index is 13.4. The van der Waals surface area contributed by atoms with Gasteiger partial charge < -0.3 is 15.0 Å². The molecule has 2 aromatic rings. The molecule has 1 amide bonds. The third kappa shape index (κ3) is 5.14. The molecule has 5 nitrogen and oxygen atoms in total. The quantitative estimate of drug-likeness (QED) is 0.654. The molecule has 5 heteroatoms. The summed E-state index contributed by atoms with van der Waals surface area (Å²) in [5, 5.41) is 3.22. The van der Waals surface area contributed by atoms with Gasteiger partial charge >= 0.3 is 0 Å². The van der Waals surface area contributed by atoms with Crippen molar-refractivity contribution in [2.24, 2.45) is 0 Å². The number of aromatic nitrogens is 1. The zero-order valence-corrected chi connectivity index (χ0v) is 20.5. The molecule has 33 heavy (non-hydrogen) atoms. The lowest BCUT2D eigenvalue weighted by molar-refractivity contribution is 0.0845. The van der Waals surface area contributed by atoms with Crippen LogP contribution < -0.4 is 10.2 Å². The largest absolute Gasteiger partial charge is 0.381 e. The van der Waals surface area contributed by atoms with Crippen LogP contribution in [0.15, 0.2) is 36.4 Å². The minimum absolute atomic E-state index is 0.0116. The average Bonchev–Trinajstić information content (AvgIpc) is 2.81. The molecule has 1 unspecified atom stereocenters. The summed E-state index contributed by atoms with van der Waals surface area (Å²) in [6.07, 6.45) is 8.31. The van der Waals surface area contributed by atoms with Gasteiger partial charge in [0.05, 0.1) is 0 Å². The van der Waals surface area contributed by atoms with Gasteiger partial charge in [-0.25, -0.2) is 0 Å². The summed E-state index contributed by atoms with van der Waals surface area (Å²) in [5.74, 6) is 0.361. The molecule has 3 heterocycles. The van der Waals surface area contributed by atoms with Crippen molar-refractivity contribution in [2.75, 3.05) is 24.7 Å². The number of rotatable bonds is 3. The average molecular weight is 448 g/mol. The number of ether oxygens (including phenoxy) is 1. The molecule has 1 atom stereocenters. The third-order valence-corrected chi connectivity index (χ3v) is 7.11. The standard InChI is InChI=1S/C28H37N3O2/c1-5-31(22-13-15-33-16-14-22)27-12-8-11-24-23(27)10-7-6-9-19(2)25-17-20(3)30-21(4)26(25)18-29-28(24)32/h6-8,11-12,17,19,22H,5,9-10,13-16,18H2,1-4H3,(H,29,32)/b7-6-. The van der Waals surface area contributed by atoms with Crippen molar-refractivity contribution in [1.82, 2.24) is 10.3 Å². The van der Waals surface area contributed by atoms with Crippen LogP contribution in [0.1, 0.15) is 77.5 Å². The number of nitrogens with zero attached hydrogens (tertiary/aromatic N) is 2. The van der Waals surface area contributed by atoms with Gasteiger partial charge in [0.15, 0.2) is 0 Å². The highest BCUT2D eigenvalue weighted by Crippen LogP contribution is 2.31. The van der Waals surface area contributed by atoms with Crippen LogP contribution in [0.2, 0.25) is 0 Å². The first-order valence-corrected chi connectivity index (χ1v) is 12.4. The maximum Gasteiger partial charge on any atom is 0.251 e. The fourth-order valence-corrected chi connectivity index (χ4v) is 5.34. The van der Waals surface area contributed by atoms with E-state index in [0.717, 1.165) is 73.5 Å². The van der Waals surface area contributed by atoms with Crippen molar-refractivity contribution in [3.05, 3.63) is 70.1 Å². The van der Waals surface area contributed by atoms with Gasteiger partial charge in [0.1, 0.15) is 0 Å². The number of carbonyl (C=O) groups excluding carboxylic acids is 1. The number of carbonyl (C=O) groups is 1. The fourth-order valence-electron chi connectivity index (χ4n) is 5.34. The van der Waals surface area contributed by atoms with Gasteiger partial charge in [0.2, 0.25) is 0 Å². The molecule has 0 bridgehead atoms. The normalized spacial score (nSPS) is 20.6. The van der Waals surface area contributed by atoms with Crippen LogP contribution in [0, 0.1) is 13.8 Å². The summed E-state index contributed by atoms with van der Waals surface area (Å²) < 4.78 is 5.60. The fraction of sp³-hybridized carbons (Fsp3) is 0.500. The highest BCUT2D eigenvalue weighted by molar-refractivity contribution is 5.97. The molecule has 0 spiro atoms. The molecule has 2 aliphatic rings. The summed E-state index contributed by atoms with van der Waals surface area (Å²) >= 11 is 0. The van der Waals surface area contributed by atoms with Crippen LogP contribution in [0.25, 0.3) is 0 Å². The predicted octanol–water partition coefficient (Wildman–Crippen LogP) is 5.24. The number of fused-ring (bicyclic) bond motifs is 2. The predicted molar refractivity (Wildman–Crippen MR) is 134 cm³/mol. The molecular formula is C28H37N3O2. The molecule has 1 N–H and O–H groups in total. The van der Waals surface area contributed by atoms with Crippen molar-refractivity contribution in [1.29, 1.82) is 0 Å². The van der Waals surface area contributed by atoms with E-state index >= 15 is 0 Å². The van der Waals surface area contributed by atoms with E-state index in [1.165, 1.54) is 11.3 Å². The first-order valence-electron chi connectivity index (χ1n) is 12.4. The summed E-state index contributed by atoms with van der Waals surface area (Å²) in [6.45, 7) is 11.6. The highest BCUT2D eigenvalue weighted by atomic mass is 16.5. The second-order valence-electron chi connectivity index (χ2n) is 9.34. The Labute approximate surface area is 198 Å². The van der Waals surface area contributed by atoms with Crippen LogP contribution in [-0.2, 0) is 17.7 Å². The number of aryl methyl sites for hydroxylation is 2. The summed E-state index contributed by atoms with van der Waals surface area (Å²) in [4.78, 5) is 20.6. The van der Waals surface area contributed by atoms with E-state index in [4.69, 9.17) is 4.74 Å². The Balaban J connectivity index is 1.72. The van der Waals surface area contributed by atoms with Crippen LogP contribution in [0.5, 0.6) is 0 Å². The van der Waals surface area contributed by atoms with Crippen LogP contribution in [0.3, 0.4) is 0 Å². The Bertz CT molecular complexity index is 1020. The van der Waals surface area contributed by atoms with E-state index in [2.05, 4.69) is 53.3 Å². The third-order valence-electron chi connectivity index (χ3n) is 7.11. The Morgan fingerprint density at radius 2 is 1.94 bits per heavy atom. The molecule has 0 aliphatic carbocycles. The minimum atomic E-state index is -0.0116. The van der Waals surface area contributed by atoms with Crippen molar-refractivity contribution < 1.29 is 9.53 Å². The van der Waals surface area contributed by atoms with Gasteiger partial charge in [0.25, 0.3) is 5.91 Å². The zero-order chi connectivity index (χ0) is 23.4. The lowest BCUT2D eigenvalue weighted by Gasteiger charge is -2.37. The van der Waals surface area contributed by atoms with Gasteiger partial charge in [-0.1, -0.05) is 25.1 Å². The van der Waals surface area contributed by atoms with E-state index < -0.39 is 0 Å². The molecule has 2 aliphatic heterocycles. The number of allylic oxidation sites excluding steroid dienone is 2. The van der Waals surface area contributed by atoms with Crippen molar-refractivity contribution in [3.63, 3.8) is 0 Å². The van der Waals surface area contributed by atoms with E-state index in [1.54, 1.807) is 0 Å². The highest BCUT2D eigenvalue weighted by Gasteiger charge is 2.25. The molecule has 1 aromatic carbocycles. The number of amides is 1. The second-order valence-corrected chi connectivity index (χ2v) is 9.34. The van der Waals surface area contributed by atoms with Crippen LogP contribution >= 0.6 is 0 Å². The lowest BCUT2D eigenvalue weighted by Crippen LogP contribution is -2.40. The Morgan fingerprint density at radius 1 is 1.15 bits per heavy atom. The van der Waals surface area contributed by atoms with Gasteiger partial charge in [0, 0.05) is 55.0 Å². The van der Waals surface area contributed by atoms with Crippen molar-refractivity contribution >= 4 is 11.6 Å². The van der Waals surface area contributed by atoms with Gasteiger partial charge in [-0.05, 0) is 87.3 Å². The van der Waals surface area contributed by atoms with Crippen molar-refractivity contribution in [3.8, 4) is 0 Å². The Kier molecular flexibility index (Phi) is 7.49. The Hall–Kier alpha value is -2.66. The first-order chi connectivity index (χ1) is 16.0. The van der Waals surface area contributed by atoms with Crippen molar-refractivity contribution in [2.45, 2.75) is 71.9 Å². The number of nitrogens with one attached hydrogen (secondary N) is 1. The van der Waals surface area contributed by atoms with Crippen LogP contribution in [0.4, 0.5) is 5.69 Å². The summed E-state index contributed by atoms with van der Waals surface area (Å²) in [5.41, 5.74) is 7.54. The second kappa shape index (κ2) is 10.5. The summed E-state index contributed by atoms with van der Waals surface area (Å²) in [7, 11) is 0. The monoisotopic (exact) mass is 447 g/mol. The van der Waals surface area contributed by atoms with E-state index in [9.17, 15) is 4.79 Å². The molecule has 0 saturated carbocycles. The SMILES string of the molecule is CCN(c1cccc2c1C/C=C\CC(C)c1cc(C)nc(C)c1CNC2=O)C1CCOCC1.